The smallest absolute Gasteiger partial charge is 0.0762 e. The third kappa shape index (κ3) is 3.02. The van der Waals surface area contributed by atoms with Crippen LogP contribution in [-0.4, -0.2) is 28.5 Å². The summed E-state index contributed by atoms with van der Waals surface area (Å²) in [4.78, 5) is 0. The lowest BCUT2D eigenvalue weighted by Crippen LogP contribution is -2.15. The molecule has 3 N–H and O–H groups in total. The third-order valence-electron chi connectivity index (χ3n) is 1.58. The molecule has 12 heavy (non-hydrogen) atoms. The number of aromatic amines is 1. The fraction of sp³-hybridized carbons (Fsp3) is 0.625. The second-order valence-corrected chi connectivity index (χ2v) is 2.80. The Kier molecular flexibility index (Phi) is 3.76. The van der Waals surface area contributed by atoms with Crippen LogP contribution in [-0.2, 0) is 6.54 Å². The molecule has 0 bridgehead atoms. The maximum atomic E-state index is 8.51. The molecule has 0 aromatic carbocycles. The van der Waals surface area contributed by atoms with Crippen LogP contribution in [0.3, 0.4) is 0 Å². The number of aliphatic hydroxyl groups is 1. The molecule has 0 saturated carbocycles. The van der Waals surface area contributed by atoms with Crippen molar-refractivity contribution in [2.45, 2.75) is 19.9 Å². The van der Waals surface area contributed by atoms with Crippen molar-refractivity contribution < 1.29 is 5.11 Å². The molecule has 4 nitrogen and oxygen atoms in total. The highest BCUT2D eigenvalue weighted by molar-refractivity contribution is 5.05. The van der Waals surface area contributed by atoms with E-state index >= 15 is 0 Å². The first kappa shape index (κ1) is 9.22. The molecular weight excluding hydrogens is 154 g/mol. The second-order valence-electron chi connectivity index (χ2n) is 2.80. The van der Waals surface area contributed by atoms with Crippen LogP contribution in [0.1, 0.15) is 17.8 Å². The number of hydrogen-bond donors (Lipinski definition) is 3. The summed E-state index contributed by atoms with van der Waals surface area (Å²) in [5, 5.41) is 18.6. The van der Waals surface area contributed by atoms with Crippen LogP contribution in [0, 0.1) is 6.92 Å². The molecule has 0 aliphatic rings. The minimum Gasteiger partial charge on any atom is -0.396 e. The summed E-state index contributed by atoms with van der Waals surface area (Å²) >= 11 is 0. The van der Waals surface area contributed by atoms with E-state index in [0.717, 1.165) is 30.9 Å². The predicted octanol–water partition coefficient (Wildman–Crippen LogP) is 0.190. The lowest BCUT2D eigenvalue weighted by molar-refractivity contribution is 0.286. The van der Waals surface area contributed by atoms with Gasteiger partial charge in [0.25, 0.3) is 0 Å². The van der Waals surface area contributed by atoms with Gasteiger partial charge >= 0.3 is 0 Å². The zero-order valence-electron chi connectivity index (χ0n) is 7.30. The molecule has 0 fully saturated rings. The van der Waals surface area contributed by atoms with Crippen LogP contribution in [0.4, 0.5) is 0 Å². The summed E-state index contributed by atoms with van der Waals surface area (Å²) < 4.78 is 0. The van der Waals surface area contributed by atoms with Crippen molar-refractivity contribution in [1.29, 1.82) is 0 Å². The first-order valence-electron chi connectivity index (χ1n) is 4.15. The lowest BCUT2D eigenvalue weighted by Gasteiger charge is -1.98. The standard InChI is InChI=1S/C8H15N3O/c1-7-5-8(11-10-7)6-9-3-2-4-12/h5,9,12H,2-4,6H2,1H3,(H,10,11). The van der Waals surface area contributed by atoms with E-state index in [4.69, 9.17) is 5.11 Å². The largest absolute Gasteiger partial charge is 0.396 e. The molecule has 0 spiro atoms. The highest BCUT2D eigenvalue weighted by Gasteiger charge is 1.95. The molecule has 0 unspecified atom stereocenters. The van der Waals surface area contributed by atoms with Crippen LogP contribution in [0.15, 0.2) is 6.07 Å². The van der Waals surface area contributed by atoms with E-state index in [1.807, 2.05) is 13.0 Å². The van der Waals surface area contributed by atoms with Gasteiger partial charge in [0.05, 0.1) is 5.69 Å². The number of aromatic nitrogens is 2. The van der Waals surface area contributed by atoms with Crippen molar-refractivity contribution in [3.8, 4) is 0 Å². The fourth-order valence-corrected chi connectivity index (χ4v) is 0.986. The number of nitrogens with one attached hydrogen (secondary N) is 2. The Bertz CT molecular complexity index is 222. The summed E-state index contributed by atoms with van der Waals surface area (Å²) in [6.07, 6.45) is 0.795. The number of rotatable bonds is 5. The number of aliphatic hydroxyl groups excluding tert-OH is 1. The molecule has 68 valence electrons. The normalized spacial score (nSPS) is 10.5. The van der Waals surface area contributed by atoms with Gasteiger partial charge in [0.2, 0.25) is 0 Å². The van der Waals surface area contributed by atoms with Gasteiger partial charge in [0, 0.05) is 18.8 Å². The molecule has 0 atom stereocenters. The van der Waals surface area contributed by atoms with Gasteiger partial charge in [-0.25, -0.2) is 0 Å². The molecule has 0 saturated heterocycles. The van der Waals surface area contributed by atoms with Gasteiger partial charge in [-0.2, -0.15) is 5.10 Å². The molecular formula is C8H15N3O. The Morgan fingerprint density at radius 2 is 2.50 bits per heavy atom. The van der Waals surface area contributed by atoms with Crippen molar-refractivity contribution >= 4 is 0 Å². The Morgan fingerprint density at radius 1 is 1.67 bits per heavy atom. The number of hydrogen-bond acceptors (Lipinski definition) is 3. The van der Waals surface area contributed by atoms with Crippen LogP contribution in [0.5, 0.6) is 0 Å². The zero-order valence-corrected chi connectivity index (χ0v) is 7.30. The van der Waals surface area contributed by atoms with Crippen molar-refractivity contribution in [2.24, 2.45) is 0 Å². The molecule has 0 aliphatic heterocycles. The first-order valence-corrected chi connectivity index (χ1v) is 4.15. The maximum absolute atomic E-state index is 8.51. The quantitative estimate of drug-likeness (QED) is 0.551. The van der Waals surface area contributed by atoms with E-state index in [0.29, 0.717) is 0 Å². The van der Waals surface area contributed by atoms with E-state index in [-0.39, 0.29) is 6.61 Å². The van der Waals surface area contributed by atoms with Gasteiger partial charge < -0.3 is 10.4 Å². The van der Waals surface area contributed by atoms with Crippen molar-refractivity contribution in [2.75, 3.05) is 13.2 Å². The number of H-pyrrole nitrogens is 1. The Balaban J connectivity index is 2.15. The molecule has 1 aromatic heterocycles. The SMILES string of the molecule is Cc1cc(CNCCCO)n[nH]1. The summed E-state index contributed by atoms with van der Waals surface area (Å²) in [5.74, 6) is 0. The van der Waals surface area contributed by atoms with Crippen LogP contribution < -0.4 is 5.32 Å². The Morgan fingerprint density at radius 3 is 3.08 bits per heavy atom. The summed E-state index contributed by atoms with van der Waals surface area (Å²) in [6.45, 7) is 3.82. The van der Waals surface area contributed by atoms with Gasteiger partial charge in [-0.15, -0.1) is 0 Å². The van der Waals surface area contributed by atoms with Crippen LogP contribution in [0.25, 0.3) is 0 Å². The van der Waals surface area contributed by atoms with Crippen molar-refractivity contribution in [1.82, 2.24) is 15.5 Å². The summed E-state index contributed by atoms with van der Waals surface area (Å²) in [6, 6.07) is 2.01. The average Bonchev–Trinajstić information content (AvgIpc) is 2.45. The van der Waals surface area contributed by atoms with Gasteiger partial charge in [-0.3, -0.25) is 5.10 Å². The molecule has 4 heteroatoms. The van der Waals surface area contributed by atoms with E-state index < -0.39 is 0 Å². The topological polar surface area (TPSA) is 60.9 Å². The lowest BCUT2D eigenvalue weighted by atomic mass is 10.3. The summed E-state index contributed by atoms with van der Waals surface area (Å²) in [7, 11) is 0. The fourth-order valence-electron chi connectivity index (χ4n) is 0.986. The third-order valence-corrected chi connectivity index (χ3v) is 1.58. The zero-order chi connectivity index (χ0) is 8.81. The molecule has 0 radical (unpaired) electrons. The Hall–Kier alpha value is -0.870. The Labute approximate surface area is 72.0 Å². The molecule has 1 heterocycles. The van der Waals surface area contributed by atoms with Crippen molar-refractivity contribution in [3.05, 3.63) is 17.5 Å². The maximum Gasteiger partial charge on any atom is 0.0762 e. The minimum atomic E-state index is 0.243. The monoisotopic (exact) mass is 169 g/mol. The molecule has 1 aromatic rings. The number of aryl methyl sites for hydroxylation is 1. The van der Waals surface area contributed by atoms with Gasteiger partial charge in [-0.1, -0.05) is 0 Å². The molecule has 0 amide bonds. The van der Waals surface area contributed by atoms with E-state index in [9.17, 15) is 0 Å². The molecule has 1 rings (SSSR count). The first-order chi connectivity index (χ1) is 5.83. The number of nitrogens with zero attached hydrogens (tertiary/aromatic N) is 1. The summed E-state index contributed by atoms with van der Waals surface area (Å²) in [5.41, 5.74) is 2.10. The van der Waals surface area contributed by atoms with E-state index in [1.165, 1.54) is 0 Å². The second kappa shape index (κ2) is 4.90. The van der Waals surface area contributed by atoms with Crippen LogP contribution >= 0.6 is 0 Å². The van der Waals surface area contributed by atoms with Crippen molar-refractivity contribution in [3.63, 3.8) is 0 Å². The molecule has 0 aliphatic carbocycles. The average molecular weight is 169 g/mol. The van der Waals surface area contributed by atoms with E-state index in [2.05, 4.69) is 15.5 Å². The minimum absolute atomic E-state index is 0.243. The predicted molar refractivity (Wildman–Crippen MR) is 46.7 cm³/mol. The van der Waals surface area contributed by atoms with Gasteiger partial charge in [-0.05, 0) is 26.0 Å². The van der Waals surface area contributed by atoms with Crippen LogP contribution in [0.2, 0.25) is 0 Å². The van der Waals surface area contributed by atoms with Gasteiger partial charge in [0.15, 0.2) is 0 Å². The highest BCUT2D eigenvalue weighted by atomic mass is 16.3. The van der Waals surface area contributed by atoms with Gasteiger partial charge in [0.1, 0.15) is 0 Å². The van der Waals surface area contributed by atoms with E-state index in [1.54, 1.807) is 0 Å². The highest BCUT2D eigenvalue weighted by Crippen LogP contribution is 1.96.